The average Bonchev–Trinajstić information content (AvgIpc) is 2.45. The Balaban J connectivity index is 1.59. The van der Waals surface area contributed by atoms with Crippen LogP contribution in [0.25, 0.3) is 0 Å². The van der Waals surface area contributed by atoms with Gasteiger partial charge in [-0.1, -0.05) is 12.5 Å². The summed E-state index contributed by atoms with van der Waals surface area (Å²) in [7, 11) is 0. The second-order valence-corrected chi connectivity index (χ2v) is 5.88. The molecule has 0 bridgehead atoms. The Kier molecular flexibility index (Phi) is 3.92. The first-order valence-corrected chi connectivity index (χ1v) is 7.55. The number of benzene rings is 1. The van der Waals surface area contributed by atoms with E-state index in [9.17, 15) is 0 Å². The van der Waals surface area contributed by atoms with Gasteiger partial charge in [-0.05, 0) is 50.9 Å². The minimum atomic E-state index is 0.690. The fourth-order valence-corrected chi connectivity index (χ4v) is 3.58. The third kappa shape index (κ3) is 3.03. The molecular weight excluding hydrogens is 236 g/mol. The van der Waals surface area contributed by atoms with Gasteiger partial charge < -0.3 is 10.5 Å². The number of hydrogen-bond donors (Lipinski definition) is 1. The summed E-state index contributed by atoms with van der Waals surface area (Å²) >= 11 is 0. The van der Waals surface area contributed by atoms with Crippen molar-refractivity contribution in [3.8, 4) is 5.75 Å². The first-order valence-electron chi connectivity index (χ1n) is 7.55. The van der Waals surface area contributed by atoms with Gasteiger partial charge in [0.25, 0.3) is 0 Å². The predicted octanol–water partition coefficient (Wildman–Crippen LogP) is 2.91. The van der Waals surface area contributed by atoms with Crippen molar-refractivity contribution in [2.24, 2.45) is 5.92 Å². The van der Waals surface area contributed by atoms with Gasteiger partial charge in [-0.2, -0.15) is 0 Å². The predicted molar refractivity (Wildman–Crippen MR) is 78.3 cm³/mol. The molecule has 0 saturated carbocycles. The highest BCUT2D eigenvalue weighted by molar-refractivity contribution is 5.43. The second kappa shape index (κ2) is 5.83. The maximum atomic E-state index is 5.97. The number of nitrogens with two attached hydrogens (primary N) is 1. The molecule has 19 heavy (non-hydrogen) atoms. The van der Waals surface area contributed by atoms with Crippen molar-refractivity contribution >= 4 is 5.69 Å². The third-order valence-corrected chi connectivity index (χ3v) is 4.55. The molecule has 1 aromatic carbocycles. The highest BCUT2D eigenvalue weighted by Gasteiger charge is 2.33. The maximum Gasteiger partial charge on any atom is 0.121 e. The molecule has 0 radical (unpaired) electrons. The number of rotatable bonds is 3. The van der Waals surface area contributed by atoms with Crippen molar-refractivity contribution in [2.75, 3.05) is 25.4 Å². The van der Waals surface area contributed by atoms with Gasteiger partial charge in [0.05, 0.1) is 6.61 Å². The Morgan fingerprint density at radius 2 is 2.05 bits per heavy atom. The van der Waals surface area contributed by atoms with Crippen LogP contribution in [0.15, 0.2) is 24.3 Å². The molecule has 2 saturated heterocycles. The summed E-state index contributed by atoms with van der Waals surface area (Å²) in [6, 6.07) is 8.53. The van der Waals surface area contributed by atoms with E-state index in [1.54, 1.807) is 0 Å². The van der Waals surface area contributed by atoms with Gasteiger partial charge in [-0.25, -0.2) is 0 Å². The molecule has 0 aromatic heterocycles. The summed E-state index contributed by atoms with van der Waals surface area (Å²) < 4.78 is 5.97. The molecule has 1 aromatic rings. The number of fused-ring (bicyclic) bond motifs is 1. The van der Waals surface area contributed by atoms with Gasteiger partial charge in [0.15, 0.2) is 0 Å². The molecule has 2 aliphatic heterocycles. The molecule has 3 heteroatoms. The Morgan fingerprint density at radius 3 is 2.95 bits per heavy atom. The van der Waals surface area contributed by atoms with Crippen LogP contribution in [-0.2, 0) is 0 Å². The van der Waals surface area contributed by atoms with E-state index >= 15 is 0 Å². The van der Waals surface area contributed by atoms with Crippen molar-refractivity contribution in [1.29, 1.82) is 0 Å². The molecule has 0 amide bonds. The summed E-state index contributed by atoms with van der Waals surface area (Å²) in [6.07, 6.45) is 6.74. The zero-order chi connectivity index (χ0) is 13.1. The van der Waals surface area contributed by atoms with E-state index in [4.69, 9.17) is 10.5 Å². The minimum Gasteiger partial charge on any atom is -0.493 e. The molecule has 2 heterocycles. The standard InChI is InChI=1S/C16H24N2O/c17-14-6-3-7-15(11-14)19-12-13-5-4-10-18-9-2-1-8-16(13)18/h3,6-7,11,13,16H,1-2,4-5,8-10,12,17H2/t13-,16+/m0/s1. The zero-order valence-electron chi connectivity index (χ0n) is 11.6. The van der Waals surface area contributed by atoms with Crippen LogP contribution < -0.4 is 10.5 Å². The van der Waals surface area contributed by atoms with Crippen LogP contribution in [0.5, 0.6) is 5.75 Å². The van der Waals surface area contributed by atoms with E-state index < -0.39 is 0 Å². The van der Waals surface area contributed by atoms with Gasteiger partial charge in [0.2, 0.25) is 0 Å². The summed E-state index contributed by atoms with van der Waals surface area (Å²) in [6.45, 7) is 3.42. The number of piperidine rings is 2. The average molecular weight is 260 g/mol. The maximum absolute atomic E-state index is 5.97. The summed E-state index contributed by atoms with van der Waals surface area (Å²) in [4.78, 5) is 2.68. The van der Waals surface area contributed by atoms with Crippen molar-refractivity contribution < 1.29 is 4.74 Å². The summed E-state index contributed by atoms with van der Waals surface area (Å²) in [5.74, 6) is 1.60. The van der Waals surface area contributed by atoms with Crippen LogP contribution in [0.3, 0.4) is 0 Å². The van der Waals surface area contributed by atoms with E-state index in [2.05, 4.69) is 4.90 Å². The highest BCUT2D eigenvalue weighted by Crippen LogP contribution is 2.31. The molecule has 3 rings (SSSR count). The molecule has 3 nitrogen and oxygen atoms in total. The molecule has 0 unspecified atom stereocenters. The lowest BCUT2D eigenvalue weighted by atomic mass is 9.84. The lowest BCUT2D eigenvalue weighted by Gasteiger charge is -2.44. The van der Waals surface area contributed by atoms with Gasteiger partial charge in [-0.15, -0.1) is 0 Å². The molecular formula is C16H24N2O. The Labute approximate surface area is 115 Å². The fraction of sp³-hybridized carbons (Fsp3) is 0.625. The van der Waals surface area contributed by atoms with Crippen LogP contribution in [0.1, 0.15) is 32.1 Å². The lowest BCUT2D eigenvalue weighted by molar-refractivity contribution is 0.0366. The van der Waals surface area contributed by atoms with Gasteiger partial charge in [0.1, 0.15) is 5.75 Å². The molecule has 2 N–H and O–H groups in total. The first-order chi connectivity index (χ1) is 9.33. The Hall–Kier alpha value is -1.22. The zero-order valence-corrected chi connectivity index (χ0v) is 11.6. The Morgan fingerprint density at radius 1 is 1.16 bits per heavy atom. The normalized spacial score (nSPS) is 27.8. The van der Waals surface area contributed by atoms with E-state index in [1.165, 1.54) is 45.2 Å². The highest BCUT2D eigenvalue weighted by atomic mass is 16.5. The van der Waals surface area contributed by atoms with Gasteiger partial charge >= 0.3 is 0 Å². The largest absolute Gasteiger partial charge is 0.493 e. The number of nitrogen functional groups attached to an aromatic ring is 1. The third-order valence-electron chi connectivity index (χ3n) is 4.55. The summed E-state index contributed by atoms with van der Waals surface area (Å²) in [5.41, 5.74) is 6.56. The van der Waals surface area contributed by atoms with Crippen molar-refractivity contribution in [2.45, 2.75) is 38.1 Å². The van der Waals surface area contributed by atoms with Crippen LogP contribution >= 0.6 is 0 Å². The van der Waals surface area contributed by atoms with Crippen LogP contribution in [0, 0.1) is 5.92 Å². The lowest BCUT2D eigenvalue weighted by Crippen LogP contribution is -2.49. The van der Waals surface area contributed by atoms with Crippen molar-refractivity contribution in [1.82, 2.24) is 4.90 Å². The monoisotopic (exact) mass is 260 g/mol. The quantitative estimate of drug-likeness (QED) is 0.849. The molecule has 2 fully saturated rings. The van der Waals surface area contributed by atoms with E-state index in [1.807, 2.05) is 24.3 Å². The smallest absolute Gasteiger partial charge is 0.121 e. The number of anilines is 1. The number of nitrogens with zero attached hydrogens (tertiary/aromatic N) is 1. The van der Waals surface area contributed by atoms with Gasteiger partial charge in [-0.3, -0.25) is 4.90 Å². The van der Waals surface area contributed by atoms with Crippen LogP contribution in [0.2, 0.25) is 0 Å². The molecule has 0 spiro atoms. The molecule has 2 aliphatic rings. The minimum absolute atomic E-state index is 0.690. The van der Waals surface area contributed by atoms with Crippen molar-refractivity contribution in [3.05, 3.63) is 24.3 Å². The number of ether oxygens (including phenoxy) is 1. The van der Waals surface area contributed by atoms with Gasteiger partial charge in [0, 0.05) is 23.7 Å². The number of hydrogen-bond acceptors (Lipinski definition) is 3. The Bertz CT molecular complexity index is 419. The fourth-order valence-electron chi connectivity index (χ4n) is 3.58. The second-order valence-electron chi connectivity index (χ2n) is 5.88. The first kappa shape index (κ1) is 12.8. The topological polar surface area (TPSA) is 38.5 Å². The molecule has 2 atom stereocenters. The van der Waals surface area contributed by atoms with Crippen LogP contribution in [-0.4, -0.2) is 30.6 Å². The van der Waals surface area contributed by atoms with E-state index in [-0.39, 0.29) is 0 Å². The van der Waals surface area contributed by atoms with Crippen molar-refractivity contribution in [3.63, 3.8) is 0 Å². The molecule has 104 valence electrons. The summed E-state index contributed by atoms with van der Waals surface area (Å²) in [5, 5.41) is 0. The van der Waals surface area contributed by atoms with Crippen LogP contribution in [0.4, 0.5) is 5.69 Å². The SMILES string of the molecule is Nc1cccc(OC[C@@H]2CCCN3CCCC[C@H]23)c1. The molecule has 0 aliphatic carbocycles. The van der Waals surface area contributed by atoms with E-state index in [0.717, 1.165) is 24.1 Å². The van der Waals surface area contributed by atoms with E-state index in [0.29, 0.717) is 5.92 Å².